The molecule has 4 heteroatoms. The van der Waals surface area contributed by atoms with E-state index in [1.807, 2.05) is 0 Å². The topological polar surface area (TPSA) is 33.7 Å². The van der Waals surface area contributed by atoms with Gasteiger partial charge in [0.25, 0.3) is 0 Å². The van der Waals surface area contributed by atoms with E-state index in [2.05, 4.69) is 31.0 Å². The van der Waals surface area contributed by atoms with E-state index in [-0.39, 0.29) is 11.6 Å². The highest BCUT2D eigenvalue weighted by atomic mass is 16.5. The van der Waals surface area contributed by atoms with Crippen LogP contribution in [0.4, 0.5) is 0 Å². The standard InChI is InChI=1S/C15H32N2O2/c1-6-13-9-16-15(7-2,8-3)12-17(13)10-14(19-5)11-18-4/h13-14,16H,6-12H2,1-5H3. The van der Waals surface area contributed by atoms with Crippen LogP contribution in [-0.2, 0) is 9.47 Å². The quantitative estimate of drug-likeness (QED) is 0.731. The smallest absolute Gasteiger partial charge is 0.0931 e. The number of rotatable bonds is 8. The SMILES string of the molecule is CCC1CNC(CC)(CC)CN1CC(COC)OC. The molecule has 1 saturated heterocycles. The van der Waals surface area contributed by atoms with Crippen LogP contribution >= 0.6 is 0 Å². The molecule has 114 valence electrons. The Kier molecular flexibility index (Phi) is 7.29. The maximum absolute atomic E-state index is 5.53. The van der Waals surface area contributed by atoms with E-state index in [9.17, 15) is 0 Å². The number of hydrogen-bond acceptors (Lipinski definition) is 4. The summed E-state index contributed by atoms with van der Waals surface area (Å²) in [4.78, 5) is 2.59. The van der Waals surface area contributed by atoms with Gasteiger partial charge in [0.2, 0.25) is 0 Å². The van der Waals surface area contributed by atoms with Crippen LogP contribution in [-0.4, -0.2) is 63.0 Å². The van der Waals surface area contributed by atoms with Crippen molar-refractivity contribution in [2.45, 2.75) is 57.7 Å². The first kappa shape index (κ1) is 16.9. The van der Waals surface area contributed by atoms with Crippen LogP contribution in [0.15, 0.2) is 0 Å². The van der Waals surface area contributed by atoms with Gasteiger partial charge in [0.05, 0.1) is 12.7 Å². The molecule has 0 aromatic carbocycles. The molecule has 19 heavy (non-hydrogen) atoms. The minimum Gasteiger partial charge on any atom is -0.382 e. The Morgan fingerprint density at radius 2 is 1.95 bits per heavy atom. The second-order valence-electron chi connectivity index (χ2n) is 5.67. The third-order valence-corrected chi connectivity index (χ3v) is 4.68. The summed E-state index contributed by atoms with van der Waals surface area (Å²) in [5.41, 5.74) is 0.275. The third-order valence-electron chi connectivity index (χ3n) is 4.68. The first-order chi connectivity index (χ1) is 9.14. The van der Waals surface area contributed by atoms with Crippen LogP contribution < -0.4 is 5.32 Å². The Hall–Kier alpha value is -0.160. The van der Waals surface area contributed by atoms with E-state index in [1.165, 1.54) is 19.3 Å². The minimum atomic E-state index is 0.170. The molecule has 0 bridgehead atoms. The van der Waals surface area contributed by atoms with Gasteiger partial charge in [0.15, 0.2) is 0 Å². The van der Waals surface area contributed by atoms with E-state index in [4.69, 9.17) is 9.47 Å². The molecule has 2 atom stereocenters. The van der Waals surface area contributed by atoms with Crippen LogP contribution in [0.1, 0.15) is 40.0 Å². The summed E-state index contributed by atoms with van der Waals surface area (Å²) in [6.45, 7) is 10.7. The highest BCUT2D eigenvalue weighted by molar-refractivity contribution is 4.96. The van der Waals surface area contributed by atoms with Gasteiger partial charge in [-0.15, -0.1) is 0 Å². The first-order valence-electron chi connectivity index (χ1n) is 7.65. The van der Waals surface area contributed by atoms with E-state index in [0.29, 0.717) is 12.6 Å². The Morgan fingerprint density at radius 1 is 1.26 bits per heavy atom. The number of methoxy groups -OCH3 is 2. The lowest BCUT2D eigenvalue weighted by Crippen LogP contribution is -2.64. The van der Waals surface area contributed by atoms with Crippen LogP contribution in [0.2, 0.25) is 0 Å². The van der Waals surface area contributed by atoms with Crippen molar-refractivity contribution in [1.82, 2.24) is 10.2 Å². The van der Waals surface area contributed by atoms with Crippen LogP contribution in [0.3, 0.4) is 0 Å². The van der Waals surface area contributed by atoms with Crippen molar-refractivity contribution in [2.75, 3.05) is 40.5 Å². The normalized spacial score (nSPS) is 25.4. The zero-order valence-corrected chi connectivity index (χ0v) is 13.4. The zero-order chi connectivity index (χ0) is 14.3. The molecule has 1 aliphatic rings. The van der Waals surface area contributed by atoms with Crippen molar-refractivity contribution in [3.63, 3.8) is 0 Å². The summed E-state index contributed by atoms with van der Waals surface area (Å²) < 4.78 is 10.8. The monoisotopic (exact) mass is 272 g/mol. The summed E-state index contributed by atoms with van der Waals surface area (Å²) in [5.74, 6) is 0. The average molecular weight is 272 g/mol. The molecule has 1 aliphatic heterocycles. The number of piperazine rings is 1. The van der Waals surface area contributed by atoms with Crippen LogP contribution in [0.5, 0.6) is 0 Å². The van der Waals surface area contributed by atoms with E-state index in [0.717, 1.165) is 19.6 Å². The second kappa shape index (κ2) is 8.20. The van der Waals surface area contributed by atoms with Gasteiger partial charge in [-0.25, -0.2) is 0 Å². The van der Waals surface area contributed by atoms with Crippen molar-refractivity contribution < 1.29 is 9.47 Å². The highest BCUT2D eigenvalue weighted by Crippen LogP contribution is 2.24. The molecule has 1 rings (SSSR count). The van der Waals surface area contributed by atoms with Crippen LogP contribution in [0.25, 0.3) is 0 Å². The van der Waals surface area contributed by atoms with Gasteiger partial charge in [0.1, 0.15) is 0 Å². The molecular weight excluding hydrogens is 240 g/mol. The first-order valence-corrected chi connectivity index (χ1v) is 7.65. The number of nitrogens with zero attached hydrogens (tertiary/aromatic N) is 1. The van der Waals surface area contributed by atoms with E-state index in [1.54, 1.807) is 14.2 Å². The summed E-state index contributed by atoms with van der Waals surface area (Å²) in [6, 6.07) is 0.612. The molecule has 0 amide bonds. The Bertz CT molecular complexity index is 244. The zero-order valence-electron chi connectivity index (χ0n) is 13.4. The summed E-state index contributed by atoms with van der Waals surface area (Å²) >= 11 is 0. The van der Waals surface area contributed by atoms with Crippen molar-refractivity contribution in [2.24, 2.45) is 0 Å². The minimum absolute atomic E-state index is 0.170. The second-order valence-corrected chi connectivity index (χ2v) is 5.67. The van der Waals surface area contributed by atoms with E-state index < -0.39 is 0 Å². The summed E-state index contributed by atoms with van der Waals surface area (Å²) in [6.07, 6.45) is 3.71. The fraction of sp³-hybridized carbons (Fsp3) is 1.00. The van der Waals surface area contributed by atoms with Crippen molar-refractivity contribution in [3.05, 3.63) is 0 Å². The van der Waals surface area contributed by atoms with Gasteiger partial charge in [0, 0.05) is 45.4 Å². The molecule has 0 aromatic rings. The molecule has 0 saturated carbocycles. The Balaban J connectivity index is 2.68. The van der Waals surface area contributed by atoms with Gasteiger partial charge in [-0.3, -0.25) is 4.90 Å². The van der Waals surface area contributed by atoms with Gasteiger partial charge in [-0.05, 0) is 19.3 Å². The van der Waals surface area contributed by atoms with Crippen molar-refractivity contribution in [1.29, 1.82) is 0 Å². The molecule has 2 unspecified atom stereocenters. The molecular formula is C15H32N2O2. The Labute approximate surface area is 118 Å². The molecule has 0 aliphatic carbocycles. The van der Waals surface area contributed by atoms with Crippen molar-refractivity contribution in [3.8, 4) is 0 Å². The fourth-order valence-electron chi connectivity index (χ4n) is 3.02. The van der Waals surface area contributed by atoms with Gasteiger partial charge in [-0.1, -0.05) is 20.8 Å². The van der Waals surface area contributed by atoms with Crippen molar-refractivity contribution >= 4 is 0 Å². The lowest BCUT2D eigenvalue weighted by molar-refractivity contribution is -0.0221. The fourth-order valence-corrected chi connectivity index (χ4v) is 3.02. The van der Waals surface area contributed by atoms with Gasteiger partial charge < -0.3 is 14.8 Å². The molecule has 1 N–H and O–H groups in total. The lowest BCUT2D eigenvalue weighted by atomic mass is 9.88. The summed E-state index contributed by atoms with van der Waals surface area (Å²) in [5, 5.41) is 3.77. The molecule has 4 nitrogen and oxygen atoms in total. The maximum Gasteiger partial charge on any atom is 0.0931 e. The average Bonchev–Trinajstić information content (AvgIpc) is 2.46. The summed E-state index contributed by atoms with van der Waals surface area (Å²) in [7, 11) is 3.52. The predicted molar refractivity (Wildman–Crippen MR) is 79.6 cm³/mol. The lowest BCUT2D eigenvalue weighted by Gasteiger charge is -2.48. The number of ether oxygens (including phenoxy) is 2. The maximum atomic E-state index is 5.53. The van der Waals surface area contributed by atoms with Crippen LogP contribution in [0, 0.1) is 0 Å². The number of hydrogen-bond donors (Lipinski definition) is 1. The Morgan fingerprint density at radius 3 is 2.42 bits per heavy atom. The molecule has 0 aromatic heterocycles. The molecule has 0 spiro atoms. The predicted octanol–water partition coefficient (Wildman–Crippen LogP) is 1.89. The number of nitrogens with one attached hydrogen (secondary N) is 1. The van der Waals surface area contributed by atoms with E-state index >= 15 is 0 Å². The molecule has 1 fully saturated rings. The van der Waals surface area contributed by atoms with Gasteiger partial charge in [-0.2, -0.15) is 0 Å². The highest BCUT2D eigenvalue weighted by Gasteiger charge is 2.36. The van der Waals surface area contributed by atoms with Gasteiger partial charge >= 0.3 is 0 Å². The third kappa shape index (κ3) is 4.42. The molecule has 1 heterocycles. The largest absolute Gasteiger partial charge is 0.382 e. The molecule has 0 radical (unpaired) electrons.